The maximum absolute atomic E-state index is 11.6. The van der Waals surface area contributed by atoms with Crippen molar-refractivity contribution in [1.29, 1.82) is 0 Å². The summed E-state index contributed by atoms with van der Waals surface area (Å²) in [5.74, 6) is 0.414. The van der Waals surface area contributed by atoms with Gasteiger partial charge in [-0.15, -0.1) is 0 Å². The van der Waals surface area contributed by atoms with Gasteiger partial charge in [0.15, 0.2) is 0 Å². The number of hydrogen-bond acceptors (Lipinski definition) is 5. The Balaban J connectivity index is 1.90. The molecule has 0 unspecified atom stereocenters. The minimum absolute atomic E-state index is 0.347. The number of rotatable bonds is 3. The Kier molecular flexibility index (Phi) is 3.93. The average molecular weight is 312 g/mol. The Morgan fingerprint density at radius 2 is 1.95 bits per heavy atom. The summed E-state index contributed by atoms with van der Waals surface area (Å²) in [6, 6.07) is 11.2. The smallest absolute Gasteiger partial charge is 0.290 e. The molecule has 0 aliphatic carbocycles. The molecule has 0 saturated carbocycles. The SMILES string of the molecule is COc1ccc(-c2cc(/C=C3\SC(=O)NC3=O)ccn2)cc1. The Labute approximate surface area is 131 Å². The summed E-state index contributed by atoms with van der Waals surface area (Å²) in [7, 11) is 1.62. The van der Waals surface area contributed by atoms with Crippen LogP contribution in [0.4, 0.5) is 4.79 Å². The zero-order valence-corrected chi connectivity index (χ0v) is 12.5. The fraction of sp³-hybridized carbons (Fsp3) is 0.0625. The van der Waals surface area contributed by atoms with Crippen LogP contribution in [0.2, 0.25) is 0 Å². The van der Waals surface area contributed by atoms with Crippen LogP contribution < -0.4 is 10.1 Å². The van der Waals surface area contributed by atoms with E-state index >= 15 is 0 Å². The molecule has 1 aromatic heterocycles. The summed E-state index contributed by atoms with van der Waals surface area (Å²) >= 11 is 0.900. The standard InChI is InChI=1S/C16H12N2O3S/c1-21-12-4-2-11(3-5-12)13-8-10(6-7-17-13)9-14-15(19)18-16(20)22-14/h2-9H,1H3,(H,18,19,20)/b14-9-. The molecule has 110 valence electrons. The highest BCUT2D eigenvalue weighted by Gasteiger charge is 2.24. The first-order chi connectivity index (χ1) is 10.7. The summed E-state index contributed by atoms with van der Waals surface area (Å²) in [6.45, 7) is 0. The molecule has 22 heavy (non-hydrogen) atoms. The zero-order chi connectivity index (χ0) is 15.5. The number of methoxy groups -OCH3 is 1. The van der Waals surface area contributed by atoms with Gasteiger partial charge in [0.05, 0.1) is 17.7 Å². The highest BCUT2D eigenvalue weighted by atomic mass is 32.2. The molecular formula is C16H12N2O3S. The highest BCUT2D eigenvalue weighted by molar-refractivity contribution is 8.18. The van der Waals surface area contributed by atoms with Gasteiger partial charge in [0.25, 0.3) is 11.1 Å². The van der Waals surface area contributed by atoms with Gasteiger partial charge < -0.3 is 4.74 Å². The van der Waals surface area contributed by atoms with Crippen LogP contribution in [-0.2, 0) is 4.79 Å². The molecule has 3 rings (SSSR count). The Morgan fingerprint density at radius 3 is 2.59 bits per heavy atom. The van der Waals surface area contributed by atoms with Crippen molar-refractivity contribution < 1.29 is 14.3 Å². The van der Waals surface area contributed by atoms with Crippen LogP contribution in [0.5, 0.6) is 5.75 Å². The van der Waals surface area contributed by atoms with Crippen LogP contribution in [0.25, 0.3) is 17.3 Å². The van der Waals surface area contributed by atoms with Gasteiger partial charge in [-0.3, -0.25) is 19.9 Å². The van der Waals surface area contributed by atoms with E-state index in [1.807, 2.05) is 30.3 Å². The van der Waals surface area contributed by atoms with E-state index in [0.717, 1.165) is 34.3 Å². The third-order valence-corrected chi connectivity index (χ3v) is 3.92. The third-order valence-electron chi connectivity index (χ3n) is 3.11. The highest BCUT2D eigenvalue weighted by Crippen LogP contribution is 2.27. The Hall–Kier alpha value is -2.60. The summed E-state index contributed by atoms with van der Waals surface area (Å²) in [5, 5.41) is 1.89. The first-order valence-electron chi connectivity index (χ1n) is 6.51. The second kappa shape index (κ2) is 6.03. The molecular weight excluding hydrogens is 300 g/mol. The van der Waals surface area contributed by atoms with Gasteiger partial charge in [-0.2, -0.15) is 0 Å². The van der Waals surface area contributed by atoms with Crippen molar-refractivity contribution in [3.63, 3.8) is 0 Å². The number of benzene rings is 1. The van der Waals surface area contributed by atoms with Crippen LogP contribution >= 0.6 is 11.8 Å². The van der Waals surface area contributed by atoms with Gasteiger partial charge in [-0.05, 0) is 59.8 Å². The molecule has 5 nitrogen and oxygen atoms in total. The molecule has 2 amide bonds. The van der Waals surface area contributed by atoms with E-state index in [-0.39, 0.29) is 11.1 Å². The number of thioether (sulfide) groups is 1. The molecule has 2 aromatic rings. The first-order valence-corrected chi connectivity index (χ1v) is 7.33. The Morgan fingerprint density at radius 1 is 1.18 bits per heavy atom. The minimum Gasteiger partial charge on any atom is -0.497 e. The number of nitrogens with one attached hydrogen (secondary N) is 1. The predicted molar refractivity (Wildman–Crippen MR) is 85.3 cm³/mol. The predicted octanol–water partition coefficient (Wildman–Crippen LogP) is 3.08. The monoisotopic (exact) mass is 312 g/mol. The van der Waals surface area contributed by atoms with Crippen LogP contribution in [0.3, 0.4) is 0 Å². The normalized spacial score (nSPS) is 16.0. The fourth-order valence-corrected chi connectivity index (χ4v) is 2.71. The summed E-state index contributed by atoms with van der Waals surface area (Å²) in [5.41, 5.74) is 2.54. The largest absolute Gasteiger partial charge is 0.497 e. The van der Waals surface area contributed by atoms with E-state index in [1.54, 1.807) is 25.4 Å². The van der Waals surface area contributed by atoms with Crippen molar-refractivity contribution in [2.45, 2.75) is 0 Å². The van der Waals surface area contributed by atoms with Crippen LogP contribution in [0, 0.1) is 0 Å². The van der Waals surface area contributed by atoms with Gasteiger partial charge >= 0.3 is 0 Å². The maximum atomic E-state index is 11.6. The van der Waals surface area contributed by atoms with Crippen molar-refractivity contribution >= 4 is 29.0 Å². The molecule has 1 aromatic carbocycles. The first kappa shape index (κ1) is 14.3. The number of pyridine rings is 1. The van der Waals surface area contributed by atoms with Gasteiger partial charge in [-0.25, -0.2) is 0 Å². The van der Waals surface area contributed by atoms with Crippen molar-refractivity contribution in [2.24, 2.45) is 0 Å². The molecule has 0 bridgehead atoms. The maximum Gasteiger partial charge on any atom is 0.290 e. The second-order valence-corrected chi connectivity index (χ2v) is 5.57. The molecule has 1 aliphatic heterocycles. The van der Waals surface area contributed by atoms with Gasteiger partial charge in [0, 0.05) is 11.8 Å². The van der Waals surface area contributed by atoms with E-state index in [4.69, 9.17) is 4.74 Å². The lowest BCUT2D eigenvalue weighted by Gasteiger charge is -2.04. The lowest BCUT2D eigenvalue weighted by Crippen LogP contribution is -2.17. The molecule has 0 radical (unpaired) electrons. The molecule has 2 heterocycles. The summed E-state index contributed by atoms with van der Waals surface area (Å²) in [6.07, 6.45) is 3.35. The van der Waals surface area contributed by atoms with Crippen LogP contribution in [0.1, 0.15) is 5.56 Å². The molecule has 1 saturated heterocycles. The molecule has 1 N–H and O–H groups in total. The van der Waals surface area contributed by atoms with E-state index in [2.05, 4.69) is 10.3 Å². The van der Waals surface area contributed by atoms with Crippen molar-refractivity contribution in [3.8, 4) is 17.0 Å². The van der Waals surface area contributed by atoms with Gasteiger partial charge in [-0.1, -0.05) is 0 Å². The topological polar surface area (TPSA) is 68.3 Å². The van der Waals surface area contributed by atoms with Crippen molar-refractivity contribution in [2.75, 3.05) is 7.11 Å². The molecule has 1 aliphatic rings. The van der Waals surface area contributed by atoms with E-state index in [9.17, 15) is 9.59 Å². The lowest BCUT2D eigenvalue weighted by atomic mass is 10.1. The quantitative estimate of drug-likeness (QED) is 0.882. The number of imide groups is 1. The number of ether oxygens (including phenoxy) is 1. The molecule has 0 spiro atoms. The third kappa shape index (κ3) is 3.01. The number of carbonyl (C=O) groups is 2. The van der Waals surface area contributed by atoms with Crippen molar-refractivity contribution in [1.82, 2.24) is 10.3 Å². The van der Waals surface area contributed by atoms with E-state index in [0.29, 0.717) is 4.91 Å². The number of aromatic nitrogens is 1. The molecule has 0 atom stereocenters. The lowest BCUT2D eigenvalue weighted by molar-refractivity contribution is -0.115. The summed E-state index contributed by atoms with van der Waals surface area (Å²) in [4.78, 5) is 27.4. The molecule has 1 fully saturated rings. The minimum atomic E-state index is -0.363. The number of amides is 2. The average Bonchev–Trinajstić information content (AvgIpc) is 2.85. The fourth-order valence-electron chi connectivity index (χ4n) is 2.03. The Bertz CT molecular complexity index is 769. The number of nitrogens with zero attached hydrogens (tertiary/aromatic N) is 1. The van der Waals surface area contributed by atoms with E-state index < -0.39 is 0 Å². The van der Waals surface area contributed by atoms with Gasteiger partial charge in [0.2, 0.25) is 0 Å². The molecule has 6 heteroatoms. The van der Waals surface area contributed by atoms with Crippen LogP contribution in [-0.4, -0.2) is 23.2 Å². The number of hydrogen-bond donors (Lipinski definition) is 1. The van der Waals surface area contributed by atoms with Crippen LogP contribution in [0.15, 0.2) is 47.5 Å². The van der Waals surface area contributed by atoms with Crippen molar-refractivity contribution in [3.05, 3.63) is 53.1 Å². The summed E-state index contributed by atoms with van der Waals surface area (Å²) < 4.78 is 5.13. The van der Waals surface area contributed by atoms with E-state index in [1.165, 1.54) is 0 Å². The second-order valence-electron chi connectivity index (χ2n) is 4.56. The van der Waals surface area contributed by atoms with Gasteiger partial charge in [0.1, 0.15) is 5.75 Å². The number of carbonyl (C=O) groups excluding carboxylic acids is 2. The zero-order valence-electron chi connectivity index (χ0n) is 11.7.